The van der Waals surface area contributed by atoms with E-state index < -0.39 is 11.2 Å². The number of ether oxygens (including phenoxy) is 1. The van der Waals surface area contributed by atoms with E-state index in [2.05, 4.69) is 0 Å². The molecule has 0 aromatic carbocycles. The van der Waals surface area contributed by atoms with Crippen molar-refractivity contribution >= 4 is 5.82 Å². The first-order valence-electron chi connectivity index (χ1n) is 7.08. The van der Waals surface area contributed by atoms with Crippen LogP contribution in [0.5, 0.6) is 0 Å². The summed E-state index contributed by atoms with van der Waals surface area (Å²) in [6.45, 7) is 2.30. The Morgan fingerprint density at radius 3 is 2.59 bits per heavy atom. The van der Waals surface area contributed by atoms with Crippen LogP contribution in [0.2, 0.25) is 0 Å². The van der Waals surface area contributed by atoms with Gasteiger partial charge in [-0.1, -0.05) is 0 Å². The molecule has 0 bridgehead atoms. The summed E-state index contributed by atoms with van der Waals surface area (Å²) in [6.07, 6.45) is -0.0329. The molecule has 1 saturated heterocycles. The van der Waals surface area contributed by atoms with Gasteiger partial charge in [0.2, 0.25) is 0 Å². The minimum Gasteiger partial charge on any atom is -0.373 e. The maximum atomic E-state index is 12.2. The summed E-state index contributed by atoms with van der Waals surface area (Å²) in [4.78, 5) is 28.2. The molecule has 2 rings (SSSR count). The highest BCUT2D eigenvalue weighted by Gasteiger charge is 2.27. The normalized spacial score (nSPS) is 18.5. The van der Waals surface area contributed by atoms with E-state index in [9.17, 15) is 14.9 Å². The lowest BCUT2D eigenvalue weighted by Gasteiger charge is -2.36. The molecule has 1 aromatic heterocycles. The highest BCUT2D eigenvalue weighted by atomic mass is 16.5. The van der Waals surface area contributed by atoms with E-state index in [1.54, 1.807) is 7.05 Å². The fraction of sp³-hybridized carbons (Fsp3) is 0.643. The Labute approximate surface area is 128 Å². The lowest BCUT2D eigenvalue weighted by molar-refractivity contribution is 0.0243. The number of anilines is 1. The monoisotopic (exact) mass is 307 g/mol. The predicted octanol–water partition coefficient (Wildman–Crippen LogP) is -1.28. The molecular weight excluding hydrogens is 286 g/mol. The molecule has 8 heteroatoms. The average Bonchev–Trinajstić information content (AvgIpc) is 2.48. The van der Waals surface area contributed by atoms with Gasteiger partial charge in [0, 0.05) is 33.7 Å². The molecule has 0 saturated carbocycles. The van der Waals surface area contributed by atoms with E-state index in [4.69, 9.17) is 4.74 Å². The smallest absolute Gasteiger partial charge is 0.332 e. The van der Waals surface area contributed by atoms with E-state index >= 15 is 0 Å². The second-order valence-corrected chi connectivity index (χ2v) is 5.72. The molecule has 0 N–H and O–H groups in total. The number of nitriles is 1. The summed E-state index contributed by atoms with van der Waals surface area (Å²) in [5.74, 6) is 0.377. The number of hydrogen-bond donors (Lipinski definition) is 0. The third-order valence-electron chi connectivity index (χ3n) is 3.75. The van der Waals surface area contributed by atoms with Crippen molar-refractivity contribution in [2.45, 2.75) is 6.10 Å². The minimum absolute atomic E-state index is 0.00453. The van der Waals surface area contributed by atoms with Crippen molar-refractivity contribution in [2.75, 3.05) is 45.2 Å². The molecule has 120 valence electrons. The minimum atomic E-state index is -0.559. The van der Waals surface area contributed by atoms with Crippen LogP contribution in [0.15, 0.2) is 9.59 Å². The van der Waals surface area contributed by atoms with Crippen LogP contribution in [0, 0.1) is 11.3 Å². The molecule has 0 amide bonds. The Bertz CT molecular complexity index is 713. The standard InChI is InChI=1S/C14H21N5O3/c1-16(2)8-10-9-19(5-6-22-10)12-11(7-15)13(20)18(4)14(21)17(12)3/h10H,5-6,8-9H2,1-4H3/t10-/m0/s1. The van der Waals surface area contributed by atoms with Gasteiger partial charge in [-0.3, -0.25) is 13.9 Å². The van der Waals surface area contributed by atoms with Crippen molar-refractivity contribution in [3.8, 4) is 6.07 Å². The summed E-state index contributed by atoms with van der Waals surface area (Å²) in [6, 6.07) is 1.94. The third kappa shape index (κ3) is 2.91. The van der Waals surface area contributed by atoms with Gasteiger partial charge in [-0.05, 0) is 14.1 Å². The fourth-order valence-electron chi connectivity index (χ4n) is 2.73. The number of rotatable bonds is 3. The van der Waals surface area contributed by atoms with Crippen LogP contribution >= 0.6 is 0 Å². The first-order valence-corrected chi connectivity index (χ1v) is 7.08. The Kier molecular flexibility index (Phi) is 4.68. The Morgan fingerprint density at radius 2 is 2.00 bits per heavy atom. The molecule has 1 atom stereocenters. The maximum absolute atomic E-state index is 12.2. The van der Waals surface area contributed by atoms with Crippen LogP contribution in [0.4, 0.5) is 5.82 Å². The highest BCUT2D eigenvalue weighted by molar-refractivity contribution is 5.53. The molecule has 1 aliphatic heterocycles. The Hall–Kier alpha value is -2.11. The molecule has 0 radical (unpaired) electrons. The second-order valence-electron chi connectivity index (χ2n) is 5.72. The molecule has 1 aromatic rings. The van der Waals surface area contributed by atoms with Crippen molar-refractivity contribution in [3.05, 3.63) is 26.4 Å². The van der Waals surface area contributed by atoms with Crippen LogP contribution < -0.4 is 16.1 Å². The largest absolute Gasteiger partial charge is 0.373 e. The predicted molar refractivity (Wildman–Crippen MR) is 82.1 cm³/mol. The molecule has 0 spiro atoms. The molecule has 1 aliphatic rings. The second kappa shape index (κ2) is 6.34. The van der Waals surface area contributed by atoms with Crippen LogP contribution in [0.25, 0.3) is 0 Å². The number of nitrogens with zero attached hydrogens (tertiary/aromatic N) is 5. The Balaban J connectivity index is 2.46. The first-order chi connectivity index (χ1) is 10.4. The van der Waals surface area contributed by atoms with Gasteiger partial charge in [0.15, 0.2) is 5.56 Å². The molecule has 0 unspecified atom stereocenters. The summed E-state index contributed by atoms with van der Waals surface area (Å²) >= 11 is 0. The lowest BCUT2D eigenvalue weighted by atomic mass is 10.2. The van der Waals surface area contributed by atoms with Crippen molar-refractivity contribution in [2.24, 2.45) is 14.1 Å². The van der Waals surface area contributed by atoms with Crippen LogP contribution in [0.1, 0.15) is 5.56 Å². The van der Waals surface area contributed by atoms with E-state index in [0.29, 0.717) is 25.5 Å². The molecule has 0 aliphatic carbocycles. The fourth-order valence-corrected chi connectivity index (χ4v) is 2.73. The van der Waals surface area contributed by atoms with Gasteiger partial charge in [-0.25, -0.2) is 4.79 Å². The Morgan fingerprint density at radius 1 is 1.32 bits per heavy atom. The number of aromatic nitrogens is 2. The topological polar surface area (TPSA) is 83.5 Å². The summed E-state index contributed by atoms with van der Waals surface area (Å²) in [5, 5.41) is 9.34. The average molecular weight is 307 g/mol. The van der Waals surface area contributed by atoms with Crippen molar-refractivity contribution < 1.29 is 4.74 Å². The van der Waals surface area contributed by atoms with Crippen molar-refractivity contribution in [1.29, 1.82) is 5.26 Å². The van der Waals surface area contributed by atoms with Gasteiger partial charge >= 0.3 is 5.69 Å². The molecule has 2 heterocycles. The summed E-state index contributed by atoms with van der Waals surface area (Å²) in [5.41, 5.74) is -0.999. The lowest BCUT2D eigenvalue weighted by Crippen LogP contribution is -2.50. The maximum Gasteiger partial charge on any atom is 0.332 e. The van der Waals surface area contributed by atoms with Crippen LogP contribution in [0.3, 0.4) is 0 Å². The molecule has 1 fully saturated rings. The molecular formula is C14H21N5O3. The van der Waals surface area contributed by atoms with E-state index in [0.717, 1.165) is 11.1 Å². The van der Waals surface area contributed by atoms with Crippen molar-refractivity contribution in [1.82, 2.24) is 14.0 Å². The van der Waals surface area contributed by atoms with Gasteiger partial charge in [-0.15, -0.1) is 0 Å². The zero-order chi connectivity index (χ0) is 16.4. The van der Waals surface area contributed by atoms with Gasteiger partial charge in [0.1, 0.15) is 11.9 Å². The van der Waals surface area contributed by atoms with E-state index in [1.807, 2.05) is 30.0 Å². The third-order valence-corrected chi connectivity index (χ3v) is 3.75. The van der Waals surface area contributed by atoms with Gasteiger partial charge in [0.05, 0.1) is 12.7 Å². The highest BCUT2D eigenvalue weighted by Crippen LogP contribution is 2.18. The quantitative estimate of drug-likeness (QED) is 0.692. The zero-order valence-corrected chi connectivity index (χ0v) is 13.4. The molecule has 22 heavy (non-hydrogen) atoms. The van der Waals surface area contributed by atoms with Gasteiger partial charge in [0.25, 0.3) is 5.56 Å². The van der Waals surface area contributed by atoms with Gasteiger partial charge in [-0.2, -0.15) is 5.26 Å². The number of morpholine rings is 1. The van der Waals surface area contributed by atoms with Gasteiger partial charge < -0.3 is 14.5 Å². The summed E-state index contributed by atoms with van der Waals surface area (Å²) < 4.78 is 8.02. The SMILES string of the molecule is CN(C)C[C@H]1CN(c2c(C#N)c(=O)n(C)c(=O)n2C)CCO1. The number of hydrogen-bond acceptors (Lipinski definition) is 6. The zero-order valence-electron chi connectivity index (χ0n) is 13.4. The van der Waals surface area contributed by atoms with Crippen LogP contribution in [-0.4, -0.2) is 60.5 Å². The first kappa shape index (κ1) is 16.3. The number of likely N-dealkylation sites (N-methyl/N-ethyl adjacent to an activating group) is 1. The van der Waals surface area contributed by atoms with Crippen LogP contribution in [-0.2, 0) is 18.8 Å². The summed E-state index contributed by atoms with van der Waals surface area (Å²) in [7, 11) is 6.87. The van der Waals surface area contributed by atoms with E-state index in [-0.39, 0.29) is 11.7 Å². The van der Waals surface area contributed by atoms with Crippen molar-refractivity contribution in [3.63, 3.8) is 0 Å². The molecule has 8 nitrogen and oxygen atoms in total. The van der Waals surface area contributed by atoms with E-state index in [1.165, 1.54) is 11.6 Å².